The van der Waals surface area contributed by atoms with Gasteiger partial charge >= 0.3 is 0 Å². The Bertz CT molecular complexity index is 1060. The van der Waals surface area contributed by atoms with E-state index < -0.39 is 0 Å². The topological polar surface area (TPSA) is 71.5 Å². The van der Waals surface area contributed by atoms with E-state index in [0.29, 0.717) is 28.4 Å². The molecule has 0 spiro atoms. The van der Waals surface area contributed by atoms with Gasteiger partial charge in [-0.25, -0.2) is 4.98 Å². The second kappa shape index (κ2) is 9.51. The van der Waals surface area contributed by atoms with E-state index in [0.717, 1.165) is 18.8 Å². The predicted octanol–water partition coefficient (Wildman–Crippen LogP) is 4.24. The average Bonchev–Trinajstić information content (AvgIpc) is 3.19. The van der Waals surface area contributed by atoms with Crippen molar-refractivity contribution in [3.05, 3.63) is 82.4 Å². The molecule has 1 saturated heterocycles. The Kier molecular flexibility index (Phi) is 6.56. The first kappa shape index (κ1) is 21.4. The summed E-state index contributed by atoms with van der Waals surface area (Å²) in [5.41, 5.74) is 2.17. The van der Waals surface area contributed by atoms with Crippen LogP contribution in [0.4, 0.5) is 5.13 Å². The van der Waals surface area contributed by atoms with Crippen LogP contribution in [0.25, 0.3) is 0 Å². The number of ketones is 1. The largest absolute Gasteiger partial charge is 0.373 e. The Morgan fingerprint density at radius 1 is 1.03 bits per heavy atom. The van der Waals surface area contributed by atoms with E-state index in [1.54, 1.807) is 36.4 Å². The number of benzene rings is 2. The van der Waals surface area contributed by atoms with Crippen LogP contribution in [0.1, 0.15) is 45.8 Å². The smallest absolute Gasteiger partial charge is 0.258 e. The number of nitrogens with one attached hydrogen (secondary N) is 1. The molecule has 1 amide bonds. The summed E-state index contributed by atoms with van der Waals surface area (Å²) in [5, 5.41) is 5.34. The van der Waals surface area contributed by atoms with Crippen LogP contribution in [0.5, 0.6) is 0 Å². The summed E-state index contributed by atoms with van der Waals surface area (Å²) in [7, 11) is 0. The van der Waals surface area contributed by atoms with Crippen molar-refractivity contribution in [2.75, 3.05) is 18.4 Å². The molecule has 0 aliphatic carbocycles. The number of hydrogen-bond acceptors (Lipinski definition) is 6. The van der Waals surface area contributed by atoms with E-state index in [-0.39, 0.29) is 23.9 Å². The number of aromatic nitrogens is 1. The van der Waals surface area contributed by atoms with Gasteiger partial charge in [0.25, 0.3) is 5.91 Å². The lowest BCUT2D eigenvalue weighted by Gasteiger charge is -2.34. The number of nitrogens with zero attached hydrogens (tertiary/aromatic N) is 2. The lowest BCUT2D eigenvalue weighted by atomic mass is 9.98. The molecule has 31 heavy (non-hydrogen) atoms. The zero-order chi connectivity index (χ0) is 21.8. The highest BCUT2D eigenvalue weighted by molar-refractivity contribution is 7.14. The number of amides is 1. The maximum absolute atomic E-state index is 12.9. The van der Waals surface area contributed by atoms with Gasteiger partial charge in [-0.2, -0.15) is 0 Å². The van der Waals surface area contributed by atoms with Crippen molar-refractivity contribution in [2.45, 2.75) is 32.6 Å². The number of hydrogen-bond donors (Lipinski definition) is 1. The third-order valence-corrected chi connectivity index (χ3v) is 5.91. The minimum absolute atomic E-state index is 0.179. The van der Waals surface area contributed by atoms with Crippen LogP contribution in [0.3, 0.4) is 0 Å². The molecule has 3 aromatic rings. The minimum atomic E-state index is -0.339. The number of morpholine rings is 1. The molecule has 0 bridgehead atoms. The summed E-state index contributed by atoms with van der Waals surface area (Å²) < 4.78 is 5.78. The first-order valence-corrected chi connectivity index (χ1v) is 11.2. The molecule has 6 nitrogen and oxygen atoms in total. The quantitative estimate of drug-likeness (QED) is 0.587. The predicted molar refractivity (Wildman–Crippen MR) is 122 cm³/mol. The van der Waals surface area contributed by atoms with Crippen molar-refractivity contribution in [2.24, 2.45) is 0 Å². The molecule has 2 unspecified atom stereocenters. The Morgan fingerprint density at radius 2 is 1.68 bits per heavy atom. The highest BCUT2D eigenvalue weighted by atomic mass is 32.1. The summed E-state index contributed by atoms with van der Waals surface area (Å²) in [6, 6.07) is 15.8. The number of ether oxygens (including phenoxy) is 1. The molecule has 1 fully saturated rings. The Labute approximate surface area is 185 Å². The van der Waals surface area contributed by atoms with Crippen molar-refractivity contribution < 1.29 is 14.3 Å². The van der Waals surface area contributed by atoms with Gasteiger partial charge in [0, 0.05) is 36.1 Å². The minimum Gasteiger partial charge on any atom is -0.373 e. The lowest BCUT2D eigenvalue weighted by molar-refractivity contribution is -0.0707. The van der Waals surface area contributed by atoms with Crippen LogP contribution in [-0.4, -0.2) is 46.9 Å². The SMILES string of the molecule is CC1CN(Cc2csc(NC(=O)c3ccccc3C(=O)c3ccccc3)n2)CC(C)O1. The molecule has 1 aromatic heterocycles. The molecule has 0 saturated carbocycles. The van der Waals surface area contributed by atoms with E-state index in [1.165, 1.54) is 11.3 Å². The van der Waals surface area contributed by atoms with Gasteiger partial charge in [-0.15, -0.1) is 11.3 Å². The fourth-order valence-corrected chi connectivity index (χ4v) is 4.56. The zero-order valence-electron chi connectivity index (χ0n) is 17.6. The van der Waals surface area contributed by atoms with Crippen LogP contribution in [-0.2, 0) is 11.3 Å². The van der Waals surface area contributed by atoms with Crippen LogP contribution in [0.15, 0.2) is 60.0 Å². The first-order valence-electron chi connectivity index (χ1n) is 10.3. The van der Waals surface area contributed by atoms with E-state index in [2.05, 4.69) is 29.0 Å². The summed E-state index contributed by atoms with van der Waals surface area (Å²) in [6.45, 7) is 6.58. The standard InChI is InChI=1S/C24H25N3O3S/c1-16-12-27(13-17(2)30-16)14-19-15-31-24(25-19)26-23(29)21-11-7-6-10-20(21)22(28)18-8-4-3-5-9-18/h3-11,15-17H,12-14H2,1-2H3,(H,25,26,29). The Balaban J connectivity index is 1.46. The number of carbonyl (C=O) groups is 2. The summed E-state index contributed by atoms with van der Waals surface area (Å²) in [6.07, 6.45) is 0.389. The summed E-state index contributed by atoms with van der Waals surface area (Å²) in [5.74, 6) is -0.517. The fraction of sp³-hybridized carbons (Fsp3) is 0.292. The monoisotopic (exact) mass is 435 g/mol. The van der Waals surface area contributed by atoms with Crippen LogP contribution >= 0.6 is 11.3 Å². The molecule has 2 atom stereocenters. The Hall–Kier alpha value is -2.87. The first-order chi connectivity index (χ1) is 15.0. The van der Waals surface area contributed by atoms with Crippen molar-refractivity contribution >= 4 is 28.2 Å². The normalized spacial score (nSPS) is 19.2. The molecule has 4 rings (SSSR count). The maximum atomic E-state index is 12.9. The molecule has 1 aliphatic heterocycles. The van der Waals surface area contributed by atoms with Gasteiger partial charge in [0.05, 0.1) is 23.5 Å². The molecule has 2 heterocycles. The second-order valence-electron chi connectivity index (χ2n) is 7.79. The lowest BCUT2D eigenvalue weighted by Crippen LogP contribution is -2.44. The highest BCUT2D eigenvalue weighted by Crippen LogP contribution is 2.21. The summed E-state index contributed by atoms with van der Waals surface area (Å²) >= 11 is 1.39. The third kappa shape index (κ3) is 5.25. The maximum Gasteiger partial charge on any atom is 0.258 e. The molecule has 7 heteroatoms. The van der Waals surface area contributed by atoms with E-state index in [9.17, 15) is 9.59 Å². The summed E-state index contributed by atoms with van der Waals surface area (Å²) in [4.78, 5) is 32.7. The molecule has 160 valence electrons. The molecule has 1 aliphatic rings. The zero-order valence-corrected chi connectivity index (χ0v) is 18.4. The molecule has 0 radical (unpaired) electrons. The number of thiazole rings is 1. The van der Waals surface area contributed by atoms with Gasteiger partial charge in [-0.05, 0) is 19.9 Å². The van der Waals surface area contributed by atoms with Gasteiger partial charge in [0.15, 0.2) is 10.9 Å². The van der Waals surface area contributed by atoms with E-state index in [1.807, 2.05) is 23.6 Å². The third-order valence-electron chi connectivity index (χ3n) is 5.11. The van der Waals surface area contributed by atoms with Crippen molar-refractivity contribution in [3.8, 4) is 0 Å². The van der Waals surface area contributed by atoms with Crippen LogP contribution < -0.4 is 5.32 Å². The number of rotatable bonds is 6. The van der Waals surface area contributed by atoms with Gasteiger partial charge in [-0.1, -0.05) is 48.5 Å². The molecule has 2 aromatic carbocycles. The van der Waals surface area contributed by atoms with Crippen molar-refractivity contribution in [1.29, 1.82) is 0 Å². The molecular formula is C24H25N3O3S. The Morgan fingerprint density at radius 3 is 2.39 bits per heavy atom. The van der Waals surface area contributed by atoms with E-state index in [4.69, 9.17) is 4.74 Å². The fourth-order valence-electron chi connectivity index (χ4n) is 3.87. The molecule has 1 N–H and O–H groups in total. The number of carbonyl (C=O) groups excluding carboxylic acids is 2. The van der Waals surface area contributed by atoms with Crippen molar-refractivity contribution in [3.63, 3.8) is 0 Å². The van der Waals surface area contributed by atoms with Gasteiger partial charge < -0.3 is 4.74 Å². The van der Waals surface area contributed by atoms with Crippen molar-refractivity contribution in [1.82, 2.24) is 9.88 Å². The molecular weight excluding hydrogens is 410 g/mol. The van der Waals surface area contributed by atoms with Crippen LogP contribution in [0.2, 0.25) is 0 Å². The van der Waals surface area contributed by atoms with Crippen LogP contribution in [0, 0.1) is 0 Å². The highest BCUT2D eigenvalue weighted by Gasteiger charge is 2.23. The second-order valence-corrected chi connectivity index (χ2v) is 8.65. The number of anilines is 1. The van der Waals surface area contributed by atoms with Gasteiger partial charge in [-0.3, -0.25) is 19.8 Å². The van der Waals surface area contributed by atoms with Gasteiger partial charge in [0.2, 0.25) is 0 Å². The van der Waals surface area contributed by atoms with Gasteiger partial charge in [0.1, 0.15) is 0 Å². The van der Waals surface area contributed by atoms with E-state index >= 15 is 0 Å². The average molecular weight is 436 g/mol.